The summed E-state index contributed by atoms with van der Waals surface area (Å²) in [6.07, 6.45) is 6.91. The van der Waals surface area contributed by atoms with Crippen molar-refractivity contribution in [2.24, 2.45) is 0 Å². The summed E-state index contributed by atoms with van der Waals surface area (Å²) in [5.41, 5.74) is 2.50. The minimum absolute atomic E-state index is 0.646. The molecule has 0 aromatic carbocycles. The Bertz CT molecular complexity index is 543. The standard InChI is InChI=1S/C15H18N2O2/c1-3-6-19-13-7-12(8-17-9-13)15(18)14-10-16-5-4-11(14)2/h4-5,7-10,15,18H,3,6H2,1-2H3. The SMILES string of the molecule is CCCOc1cncc(C(O)c2cnccc2C)c1. The number of aliphatic hydroxyl groups is 1. The number of hydrogen-bond donors (Lipinski definition) is 1. The summed E-state index contributed by atoms with van der Waals surface area (Å²) in [7, 11) is 0. The molecule has 0 spiro atoms. The molecule has 100 valence electrons. The van der Waals surface area contributed by atoms with E-state index in [2.05, 4.69) is 9.97 Å². The van der Waals surface area contributed by atoms with Crippen LogP contribution in [0, 0.1) is 6.92 Å². The lowest BCUT2D eigenvalue weighted by Crippen LogP contribution is -2.04. The number of rotatable bonds is 5. The second-order valence-corrected chi connectivity index (χ2v) is 4.44. The zero-order chi connectivity index (χ0) is 13.7. The maximum atomic E-state index is 10.4. The van der Waals surface area contributed by atoms with E-state index in [1.54, 1.807) is 24.8 Å². The number of aryl methyl sites for hydroxylation is 1. The van der Waals surface area contributed by atoms with Gasteiger partial charge in [0, 0.05) is 29.7 Å². The summed E-state index contributed by atoms with van der Waals surface area (Å²) in [4.78, 5) is 8.16. The number of pyridine rings is 2. The molecule has 19 heavy (non-hydrogen) atoms. The van der Waals surface area contributed by atoms with Crippen molar-refractivity contribution >= 4 is 0 Å². The van der Waals surface area contributed by atoms with Crippen molar-refractivity contribution in [3.05, 3.63) is 53.6 Å². The Balaban J connectivity index is 2.24. The van der Waals surface area contributed by atoms with Crippen LogP contribution in [-0.2, 0) is 0 Å². The van der Waals surface area contributed by atoms with Crippen LogP contribution < -0.4 is 4.74 Å². The highest BCUT2D eigenvalue weighted by Crippen LogP contribution is 2.25. The topological polar surface area (TPSA) is 55.2 Å². The third kappa shape index (κ3) is 3.29. The van der Waals surface area contributed by atoms with E-state index >= 15 is 0 Å². The molecule has 0 aliphatic rings. The van der Waals surface area contributed by atoms with Crippen LogP contribution in [0.4, 0.5) is 0 Å². The Hall–Kier alpha value is -1.94. The van der Waals surface area contributed by atoms with E-state index < -0.39 is 6.10 Å². The van der Waals surface area contributed by atoms with Gasteiger partial charge < -0.3 is 9.84 Å². The van der Waals surface area contributed by atoms with Crippen LogP contribution in [0.5, 0.6) is 5.75 Å². The summed E-state index contributed by atoms with van der Waals surface area (Å²) in [6, 6.07) is 3.70. The molecule has 0 fully saturated rings. The van der Waals surface area contributed by atoms with Gasteiger partial charge in [0.25, 0.3) is 0 Å². The minimum atomic E-state index is -0.730. The predicted molar refractivity (Wildman–Crippen MR) is 73.1 cm³/mol. The van der Waals surface area contributed by atoms with Crippen molar-refractivity contribution in [1.82, 2.24) is 9.97 Å². The normalized spacial score (nSPS) is 12.2. The van der Waals surface area contributed by atoms with Gasteiger partial charge >= 0.3 is 0 Å². The fourth-order valence-electron chi connectivity index (χ4n) is 1.83. The van der Waals surface area contributed by atoms with Gasteiger partial charge in [0.15, 0.2) is 0 Å². The molecule has 1 unspecified atom stereocenters. The molecule has 0 amide bonds. The van der Waals surface area contributed by atoms with E-state index in [1.165, 1.54) is 0 Å². The quantitative estimate of drug-likeness (QED) is 0.895. The fraction of sp³-hybridized carbons (Fsp3) is 0.333. The van der Waals surface area contributed by atoms with Gasteiger partial charge in [-0.1, -0.05) is 6.92 Å². The lowest BCUT2D eigenvalue weighted by Gasteiger charge is -2.14. The van der Waals surface area contributed by atoms with Crippen molar-refractivity contribution in [1.29, 1.82) is 0 Å². The van der Waals surface area contributed by atoms with Crippen LogP contribution in [0.3, 0.4) is 0 Å². The minimum Gasteiger partial charge on any atom is -0.492 e. The van der Waals surface area contributed by atoms with Gasteiger partial charge in [-0.25, -0.2) is 0 Å². The van der Waals surface area contributed by atoms with Crippen LogP contribution >= 0.6 is 0 Å². The van der Waals surface area contributed by atoms with Gasteiger partial charge in [0.1, 0.15) is 11.9 Å². The maximum absolute atomic E-state index is 10.4. The fourth-order valence-corrected chi connectivity index (χ4v) is 1.83. The second kappa shape index (κ2) is 6.29. The largest absolute Gasteiger partial charge is 0.492 e. The molecule has 0 aliphatic carbocycles. The molecule has 2 aromatic heterocycles. The number of hydrogen-bond acceptors (Lipinski definition) is 4. The molecule has 0 saturated carbocycles. The Kier molecular flexibility index (Phi) is 4.47. The second-order valence-electron chi connectivity index (χ2n) is 4.44. The summed E-state index contributed by atoms with van der Waals surface area (Å²) < 4.78 is 5.52. The van der Waals surface area contributed by atoms with Crippen LogP contribution in [0.15, 0.2) is 36.9 Å². The highest BCUT2D eigenvalue weighted by atomic mass is 16.5. The first kappa shape index (κ1) is 13.5. The molecular weight excluding hydrogens is 240 g/mol. The first-order valence-electron chi connectivity index (χ1n) is 6.38. The molecule has 1 atom stereocenters. The number of ether oxygens (including phenoxy) is 1. The molecule has 2 heterocycles. The van der Waals surface area contributed by atoms with E-state index in [4.69, 9.17) is 4.74 Å². The van der Waals surface area contributed by atoms with E-state index in [-0.39, 0.29) is 0 Å². The van der Waals surface area contributed by atoms with Crippen LogP contribution in [0.25, 0.3) is 0 Å². The van der Waals surface area contributed by atoms with Crippen molar-refractivity contribution in [2.75, 3.05) is 6.61 Å². The Morgan fingerprint density at radius 3 is 2.84 bits per heavy atom. The highest BCUT2D eigenvalue weighted by Gasteiger charge is 2.14. The van der Waals surface area contributed by atoms with Crippen molar-refractivity contribution < 1.29 is 9.84 Å². The van der Waals surface area contributed by atoms with Gasteiger partial charge in [-0.3, -0.25) is 9.97 Å². The van der Waals surface area contributed by atoms with Gasteiger partial charge in [-0.15, -0.1) is 0 Å². The predicted octanol–water partition coefficient (Wildman–Crippen LogP) is 2.66. The zero-order valence-corrected chi connectivity index (χ0v) is 11.2. The average Bonchev–Trinajstić information content (AvgIpc) is 2.45. The monoisotopic (exact) mass is 258 g/mol. The third-order valence-electron chi connectivity index (χ3n) is 2.90. The smallest absolute Gasteiger partial charge is 0.137 e. The molecule has 4 nitrogen and oxygen atoms in total. The van der Waals surface area contributed by atoms with E-state index in [9.17, 15) is 5.11 Å². The van der Waals surface area contributed by atoms with E-state index in [0.717, 1.165) is 17.5 Å². The van der Waals surface area contributed by atoms with Crippen LogP contribution in [0.1, 0.15) is 36.1 Å². The number of aromatic nitrogens is 2. The van der Waals surface area contributed by atoms with Gasteiger partial charge in [0.2, 0.25) is 0 Å². The highest BCUT2D eigenvalue weighted by molar-refractivity contribution is 5.34. The average molecular weight is 258 g/mol. The molecule has 0 aliphatic heterocycles. The van der Waals surface area contributed by atoms with Crippen molar-refractivity contribution in [2.45, 2.75) is 26.4 Å². The Labute approximate surface area is 113 Å². The molecule has 0 radical (unpaired) electrons. The Morgan fingerprint density at radius 2 is 2.11 bits per heavy atom. The van der Waals surface area contributed by atoms with Crippen molar-refractivity contribution in [3.8, 4) is 5.75 Å². The molecule has 4 heteroatoms. The zero-order valence-electron chi connectivity index (χ0n) is 11.2. The van der Waals surface area contributed by atoms with Gasteiger partial charge in [-0.05, 0) is 31.0 Å². The third-order valence-corrected chi connectivity index (χ3v) is 2.90. The maximum Gasteiger partial charge on any atom is 0.137 e. The molecular formula is C15H18N2O2. The van der Waals surface area contributed by atoms with Crippen LogP contribution in [0.2, 0.25) is 0 Å². The lowest BCUT2D eigenvalue weighted by atomic mass is 10.0. The number of aliphatic hydroxyl groups excluding tert-OH is 1. The molecule has 2 rings (SSSR count). The Morgan fingerprint density at radius 1 is 1.26 bits per heavy atom. The molecule has 0 saturated heterocycles. The van der Waals surface area contributed by atoms with Crippen molar-refractivity contribution in [3.63, 3.8) is 0 Å². The molecule has 0 bridgehead atoms. The van der Waals surface area contributed by atoms with E-state index in [0.29, 0.717) is 17.9 Å². The summed E-state index contributed by atoms with van der Waals surface area (Å²) >= 11 is 0. The summed E-state index contributed by atoms with van der Waals surface area (Å²) in [6.45, 7) is 4.64. The number of nitrogens with zero attached hydrogens (tertiary/aromatic N) is 2. The molecule has 1 N–H and O–H groups in total. The van der Waals surface area contributed by atoms with Gasteiger partial charge in [-0.2, -0.15) is 0 Å². The molecule has 2 aromatic rings. The lowest BCUT2D eigenvalue weighted by molar-refractivity contribution is 0.217. The van der Waals surface area contributed by atoms with Gasteiger partial charge in [0.05, 0.1) is 12.8 Å². The first-order valence-corrected chi connectivity index (χ1v) is 6.38. The summed E-state index contributed by atoms with van der Waals surface area (Å²) in [5.74, 6) is 0.681. The summed E-state index contributed by atoms with van der Waals surface area (Å²) in [5, 5.41) is 10.4. The van der Waals surface area contributed by atoms with Crippen LogP contribution in [-0.4, -0.2) is 21.7 Å². The van der Waals surface area contributed by atoms with E-state index in [1.807, 2.05) is 26.0 Å². The first-order chi connectivity index (χ1) is 9.22.